The lowest BCUT2D eigenvalue weighted by Gasteiger charge is -2.26. The average Bonchev–Trinajstić information content (AvgIpc) is 2.84. The van der Waals surface area contributed by atoms with Crippen LogP contribution in [0.4, 0.5) is 0 Å². The molecule has 0 radical (unpaired) electrons. The number of ether oxygens (including phenoxy) is 2. The van der Waals surface area contributed by atoms with Crippen molar-refractivity contribution in [3.63, 3.8) is 0 Å². The second-order valence-corrected chi connectivity index (χ2v) is 9.83. The van der Waals surface area contributed by atoms with Crippen molar-refractivity contribution in [2.24, 2.45) is 0 Å². The van der Waals surface area contributed by atoms with Gasteiger partial charge in [0.1, 0.15) is 13.2 Å². The summed E-state index contributed by atoms with van der Waals surface area (Å²) in [5, 5.41) is 0. The number of fused-ring (bicyclic) bond motifs is 1. The van der Waals surface area contributed by atoms with Crippen LogP contribution in [0.5, 0.6) is 11.5 Å². The first-order valence-corrected chi connectivity index (χ1v) is 12.1. The summed E-state index contributed by atoms with van der Waals surface area (Å²) in [5.41, 5.74) is 1.94. The minimum absolute atomic E-state index is 0.0553. The Morgan fingerprint density at radius 1 is 0.818 bits per heavy atom. The van der Waals surface area contributed by atoms with Crippen molar-refractivity contribution >= 4 is 15.9 Å². The van der Waals surface area contributed by atoms with Gasteiger partial charge in [-0.15, -0.1) is 0 Å². The van der Waals surface area contributed by atoms with Crippen LogP contribution in [0.2, 0.25) is 0 Å². The van der Waals surface area contributed by atoms with Crippen LogP contribution in [-0.2, 0) is 27.9 Å². The third kappa shape index (κ3) is 5.53. The highest BCUT2D eigenvalue weighted by Crippen LogP contribution is 2.33. The fourth-order valence-corrected chi connectivity index (χ4v) is 4.72. The number of carbonyl (C=O) groups is 1. The second kappa shape index (κ2) is 10.1. The van der Waals surface area contributed by atoms with Gasteiger partial charge in [0.2, 0.25) is 15.9 Å². The minimum Gasteiger partial charge on any atom is -0.486 e. The summed E-state index contributed by atoms with van der Waals surface area (Å²) >= 11 is 0. The Labute approximate surface area is 194 Å². The van der Waals surface area contributed by atoms with Gasteiger partial charge in [-0.05, 0) is 23.3 Å². The van der Waals surface area contributed by atoms with Crippen molar-refractivity contribution in [2.45, 2.75) is 18.0 Å². The van der Waals surface area contributed by atoms with E-state index in [1.54, 1.807) is 11.0 Å². The third-order valence-electron chi connectivity index (χ3n) is 5.36. The van der Waals surface area contributed by atoms with Gasteiger partial charge in [-0.1, -0.05) is 60.7 Å². The van der Waals surface area contributed by atoms with E-state index < -0.39 is 10.0 Å². The van der Waals surface area contributed by atoms with Crippen LogP contribution in [0.3, 0.4) is 0 Å². The molecule has 0 aromatic heterocycles. The predicted molar refractivity (Wildman–Crippen MR) is 124 cm³/mol. The summed E-state index contributed by atoms with van der Waals surface area (Å²) in [7, 11) is -2.49. The maximum absolute atomic E-state index is 13.2. The first kappa shape index (κ1) is 22.8. The van der Waals surface area contributed by atoms with Gasteiger partial charge in [0.25, 0.3) is 0 Å². The van der Waals surface area contributed by atoms with Crippen molar-refractivity contribution in [3.8, 4) is 11.5 Å². The van der Waals surface area contributed by atoms with E-state index in [1.807, 2.05) is 60.7 Å². The average molecular weight is 467 g/mol. The van der Waals surface area contributed by atoms with Gasteiger partial charge in [-0.3, -0.25) is 4.79 Å². The fourth-order valence-electron chi connectivity index (χ4n) is 3.58. The zero-order chi connectivity index (χ0) is 23.3. The molecule has 7 nitrogen and oxygen atoms in total. The number of likely N-dealkylation sites (N-methyl/N-ethyl adjacent to an activating group) is 1. The molecule has 1 heterocycles. The summed E-state index contributed by atoms with van der Waals surface area (Å²) in [6.45, 7) is 1.26. The predicted octanol–water partition coefficient (Wildman–Crippen LogP) is 3.31. The number of hydrogen-bond acceptors (Lipinski definition) is 5. The van der Waals surface area contributed by atoms with Crippen LogP contribution >= 0.6 is 0 Å². The normalized spacial score (nSPS) is 13.0. The van der Waals surface area contributed by atoms with E-state index >= 15 is 0 Å². The lowest BCUT2D eigenvalue weighted by Crippen LogP contribution is -2.40. The summed E-state index contributed by atoms with van der Waals surface area (Å²) in [5.74, 6) is 0.610. The van der Waals surface area contributed by atoms with E-state index in [-0.39, 0.29) is 17.3 Å². The van der Waals surface area contributed by atoms with Crippen LogP contribution < -0.4 is 9.47 Å². The van der Waals surface area contributed by atoms with Crippen molar-refractivity contribution in [1.29, 1.82) is 0 Å². The molecule has 172 valence electrons. The Kier molecular flexibility index (Phi) is 6.96. The fraction of sp³-hybridized carbons (Fsp3) is 0.240. The summed E-state index contributed by atoms with van der Waals surface area (Å²) in [6.07, 6.45) is 0. The zero-order valence-corrected chi connectivity index (χ0v) is 19.2. The Hall–Kier alpha value is -3.36. The van der Waals surface area contributed by atoms with Gasteiger partial charge in [-0.25, -0.2) is 8.42 Å². The number of sulfonamides is 1. The highest BCUT2D eigenvalue weighted by molar-refractivity contribution is 7.89. The number of amides is 1. The van der Waals surface area contributed by atoms with Gasteiger partial charge >= 0.3 is 0 Å². The zero-order valence-electron chi connectivity index (χ0n) is 18.4. The van der Waals surface area contributed by atoms with Gasteiger partial charge in [0.15, 0.2) is 11.5 Å². The van der Waals surface area contributed by atoms with Crippen LogP contribution in [0.25, 0.3) is 0 Å². The monoisotopic (exact) mass is 466 g/mol. The summed E-state index contributed by atoms with van der Waals surface area (Å²) < 4.78 is 38.4. The highest BCUT2D eigenvalue weighted by Gasteiger charge is 2.27. The Balaban J connectivity index is 1.52. The smallest absolute Gasteiger partial charge is 0.243 e. The quantitative estimate of drug-likeness (QED) is 0.509. The lowest BCUT2D eigenvalue weighted by molar-refractivity contribution is -0.132. The maximum atomic E-state index is 13.2. The Morgan fingerprint density at radius 2 is 1.36 bits per heavy atom. The van der Waals surface area contributed by atoms with E-state index in [0.29, 0.717) is 37.8 Å². The van der Waals surface area contributed by atoms with Crippen LogP contribution in [0, 0.1) is 0 Å². The molecule has 1 aliphatic heterocycles. The molecule has 0 N–H and O–H groups in total. The molecule has 8 heteroatoms. The second-order valence-electron chi connectivity index (χ2n) is 7.79. The summed E-state index contributed by atoms with van der Waals surface area (Å²) in [4.78, 5) is 15.0. The largest absolute Gasteiger partial charge is 0.486 e. The molecule has 0 saturated heterocycles. The van der Waals surface area contributed by atoms with E-state index in [0.717, 1.165) is 15.4 Å². The molecular formula is C25H26N2O5S. The molecule has 0 unspecified atom stereocenters. The molecular weight excluding hydrogens is 440 g/mol. The molecule has 0 aliphatic carbocycles. The Morgan fingerprint density at radius 3 is 1.94 bits per heavy atom. The Bertz CT molecular complexity index is 1160. The van der Waals surface area contributed by atoms with Gasteiger partial charge in [0, 0.05) is 26.2 Å². The molecule has 3 aromatic rings. The molecule has 3 aromatic carbocycles. The van der Waals surface area contributed by atoms with Crippen molar-refractivity contribution in [3.05, 3.63) is 90.0 Å². The van der Waals surface area contributed by atoms with Gasteiger partial charge < -0.3 is 14.4 Å². The molecule has 0 fully saturated rings. The van der Waals surface area contributed by atoms with E-state index in [1.165, 1.54) is 19.2 Å². The third-order valence-corrected chi connectivity index (χ3v) is 7.16. The maximum Gasteiger partial charge on any atom is 0.243 e. The lowest BCUT2D eigenvalue weighted by atomic mass is 10.1. The number of benzene rings is 3. The van der Waals surface area contributed by atoms with Crippen LogP contribution in [-0.4, -0.2) is 50.3 Å². The first-order valence-electron chi connectivity index (χ1n) is 10.6. The number of hydrogen-bond donors (Lipinski definition) is 0. The topological polar surface area (TPSA) is 76.2 Å². The molecule has 0 spiro atoms. The van der Waals surface area contributed by atoms with Crippen molar-refractivity contribution in [2.75, 3.05) is 26.8 Å². The number of carbonyl (C=O) groups excluding carboxylic acids is 1. The van der Waals surface area contributed by atoms with Crippen LogP contribution in [0.15, 0.2) is 83.8 Å². The highest BCUT2D eigenvalue weighted by atomic mass is 32.2. The molecule has 0 bridgehead atoms. The molecule has 0 saturated carbocycles. The van der Waals surface area contributed by atoms with E-state index in [9.17, 15) is 13.2 Å². The standard InChI is InChI=1S/C25H26N2O5S/c1-26(33(29,30)22-12-13-23-24(16-22)32-15-14-31-23)19-25(28)27(17-20-8-4-2-5-9-20)18-21-10-6-3-7-11-21/h2-13,16H,14-15,17-19H2,1H3. The molecule has 1 amide bonds. The molecule has 1 aliphatic rings. The van der Waals surface area contributed by atoms with Gasteiger partial charge in [0.05, 0.1) is 11.4 Å². The van der Waals surface area contributed by atoms with Crippen molar-refractivity contribution in [1.82, 2.24) is 9.21 Å². The SMILES string of the molecule is CN(CC(=O)N(Cc1ccccc1)Cc1ccccc1)S(=O)(=O)c1ccc2c(c1)OCCO2. The van der Waals surface area contributed by atoms with Gasteiger partial charge in [-0.2, -0.15) is 4.31 Å². The number of nitrogens with zero attached hydrogens (tertiary/aromatic N) is 2. The molecule has 33 heavy (non-hydrogen) atoms. The van der Waals surface area contributed by atoms with E-state index in [4.69, 9.17) is 9.47 Å². The van der Waals surface area contributed by atoms with Crippen molar-refractivity contribution < 1.29 is 22.7 Å². The van der Waals surface area contributed by atoms with E-state index in [2.05, 4.69) is 0 Å². The number of rotatable bonds is 8. The molecule has 4 rings (SSSR count). The minimum atomic E-state index is -3.90. The summed E-state index contributed by atoms with van der Waals surface area (Å²) in [6, 6.07) is 23.8. The van der Waals surface area contributed by atoms with Crippen LogP contribution in [0.1, 0.15) is 11.1 Å². The molecule has 0 atom stereocenters. The first-order chi connectivity index (χ1) is 15.9.